The first-order chi connectivity index (χ1) is 8.08. The van der Waals surface area contributed by atoms with Gasteiger partial charge in [0.2, 0.25) is 0 Å². The van der Waals surface area contributed by atoms with E-state index in [4.69, 9.17) is 21.4 Å². The quantitative estimate of drug-likeness (QED) is 0.847. The SMILES string of the molecule is O=C(O)C1COC(c2ccc(F)cc2Cl)CN1. The first-order valence-corrected chi connectivity index (χ1v) is 5.48. The lowest BCUT2D eigenvalue weighted by atomic mass is 10.1. The summed E-state index contributed by atoms with van der Waals surface area (Å²) in [5.74, 6) is -1.36. The average molecular weight is 260 g/mol. The van der Waals surface area contributed by atoms with Gasteiger partial charge in [-0.3, -0.25) is 10.1 Å². The molecule has 2 N–H and O–H groups in total. The number of rotatable bonds is 2. The van der Waals surface area contributed by atoms with Gasteiger partial charge >= 0.3 is 5.97 Å². The van der Waals surface area contributed by atoms with Crippen molar-refractivity contribution in [1.29, 1.82) is 0 Å². The molecule has 1 aliphatic heterocycles. The van der Waals surface area contributed by atoms with E-state index in [1.54, 1.807) is 6.07 Å². The summed E-state index contributed by atoms with van der Waals surface area (Å²) >= 11 is 5.90. The van der Waals surface area contributed by atoms with E-state index < -0.39 is 17.8 Å². The van der Waals surface area contributed by atoms with Crippen LogP contribution in [0.25, 0.3) is 0 Å². The lowest BCUT2D eigenvalue weighted by molar-refractivity contribution is -0.144. The summed E-state index contributed by atoms with van der Waals surface area (Å²) in [5, 5.41) is 11.9. The Balaban J connectivity index is 2.08. The van der Waals surface area contributed by atoms with Crippen molar-refractivity contribution in [3.63, 3.8) is 0 Å². The number of morpholine rings is 1. The third-order valence-electron chi connectivity index (χ3n) is 2.62. The van der Waals surface area contributed by atoms with Crippen LogP contribution in [0.2, 0.25) is 5.02 Å². The van der Waals surface area contributed by atoms with Crippen molar-refractivity contribution in [3.8, 4) is 0 Å². The number of aliphatic carboxylic acids is 1. The zero-order valence-corrected chi connectivity index (χ0v) is 9.58. The number of ether oxygens (including phenoxy) is 1. The average Bonchev–Trinajstić information content (AvgIpc) is 2.29. The maximum atomic E-state index is 12.9. The smallest absolute Gasteiger partial charge is 0.323 e. The molecule has 92 valence electrons. The molecule has 4 nitrogen and oxygen atoms in total. The van der Waals surface area contributed by atoms with Crippen LogP contribution in [-0.2, 0) is 9.53 Å². The summed E-state index contributed by atoms with van der Waals surface area (Å²) < 4.78 is 18.3. The van der Waals surface area contributed by atoms with E-state index in [1.807, 2.05) is 0 Å². The second kappa shape index (κ2) is 5.00. The fourth-order valence-electron chi connectivity index (χ4n) is 1.70. The molecule has 0 bridgehead atoms. The number of carboxylic acids is 1. The predicted octanol–water partition coefficient (Wildman–Crippen LogP) is 1.59. The molecule has 0 spiro atoms. The summed E-state index contributed by atoms with van der Waals surface area (Å²) in [6.45, 7) is 0.399. The van der Waals surface area contributed by atoms with E-state index >= 15 is 0 Å². The largest absolute Gasteiger partial charge is 0.480 e. The molecular weight excluding hydrogens is 249 g/mol. The molecule has 0 amide bonds. The minimum absolute atomic E-state index is 0.0632. The summed E-state index contributed by atoms with van der Waals surface area (Å²) in [6.07, 6.45) is -0.348. The van der Waals surface area contributed by atoms with E-state index in [1.165, 1.54) is 12.1 Å². The second-order valence-corrected chi connectivity index (χ2v) is 4.19. The number of benzene rings is 1. The third kappa shape index (κ3) is 2.74. The molecule has 1 saturated heterocycles. The summed E-state index contributed by atoms with van der Waals surface area (Å²) in [4.78, 5) is 10.7. The van der Waals surface area contributed by atoms with Gasteiger partial charge in [0.1, 0.15) is 11.9 Å². The van der Waals surface area contributed by atoms with Crippen molar-refractivity contribution in [1.82, 2.24) is 5.32 Å². The Bertz CT molecular complexity index is 433. The fraction of sp³-hybridized carbons (Fsp3) is 0.364. The Labute approximate surface area is 102 Å². The Morgan fingerprint density at radius 3 is 2.88 bits per heavy atom. The number of carbonyl (C=O) groups is 1. The van der Waals surface area contributed by atoms with Gasteiger partial charge in [-0.1, -0.05) is 17.7 Å². The van der Waals surface area contributed by atoms with Crippen molar-refractivity contribution in [3.05, 3.63) is 34.6 Å². The molecule has 0 saturated carbocycles. The van der Waals surface area contributed by atoms with Crippen molar-refractivity contribution in [2.24, 2.45) is 0 Å². The first kappa shape index (κ1) is 12.3. The molecule has 1 fully saturated rings. The van der Waals surface area contributed by atoms with Crippen molar-refractivity contribution in [2.45, 2.75) is 12.1 Å². The van der Waals surface area contributed by atoms with Crippen LogP contribution in [0, 0.1) is 5.82 Å². The second-order valence-electron chi connectivity index (χ2n) is 3.79. The van der Waals surface area contributed by atoms with E-state index in [0.717, 1.165) is 0 Å². The van der Waals surface area contributed by atoms with Gasteiger partial charge in [0.05, 0.1) is 12.7 Å². The van der Waals surface area contributed by atoms with Crippen LogP contribution in [0.1, 0.15) is 11.7 Å². The maximum absolute atomic E-state index is 12.9. The van der Waals surface area contributed by atoms with E-state index in [0.29, 0.717) is 12.1 Å². The monoisotopic (exact) mass is 259 g/mol. The van der Waals surface area contributed by atoms with Crippen molar-refractivity contribution >= 4 is 17.6 Å². The lowest BCUT2D eigenvalue weighted by Crippen LogP contribution is -2.47. The zero-order chi connectivity index (χ0) is 12.4. The highest BCUT2D eigenvalue weighted by molar-refractivity contribution is 6.31. The zero-order valence-electron chi connectivity index (χ0n) is 8.82. The minimum atomic E-state index is -0.950. The lowest BCUT2D eigenvalue weighted by Gasteiger charge is -2.28. The highest BCUT2D eigenvalue weighted by Gasteiger charge is 2.27. The molecule has 2 rings (SSSR count). The van der Waals surface area contributed by atoms with Crippen LogP contribution in [0.4, 0.5) is 4.39 Å². The topological polar surface area (TPSA) is 58.6 Å². The van der Waals surface area contributed by atoms with E-state index in [2.05, 4.69) is 5.32 Å². The van der Waals surface area contributed by atoms with Gasteiger partial charge < -0.3 is 9.84 Å². The number of halogens is 2. The highest BCUT2D eigenvalue weighted by atomic mass is 35.5. The van der Waals surface area contributed by atoms with Crippen molar-refractivity contribution in [2.75, 3.05) is 13.2 Å². The standard InChI is InChI=1S/C11H11ClFNO3/c12-8-3-6(13)1-2-7(8)10-4-14-9(5-17-10)11(15)16/h1-3,9-10,14H,4-5H2,(H,15,16). The number of hydrogen-bond acceptors (Lipinski definition) is 3. The van der Waals surface area contributed by atoms with Crippen LogP contribution in [-0.4, -0.2) is 30.3 Å². The van der Waals surface area contributed by atoms with Crippen molar-refractivity contribution < 1.29 is 19.0 Å². The van der Waals surface area contributed by atoms with E-state index in [-0.39, 0.29) is 17.7 Å². The highest BCUT2D eigenvalue weighted by Crippen LogP contribution is 2.27. The molecule has 1 aliphatic rings. The molecule has 0 radical (unpaired) electrons. The molecule has 0 aliphatic carbocycles. The third-order valence-corrected chi connectivity index (χ3v) is 2.95. The molecule has 1 aromatic rings. The number of carboxylic acid groups (broad SMARTS) is 1. The van der Waals surface area contributed by atoms with Gasteiger partial charge in [-0.2, -0.15) is 0 Å². The molecule has 1 aromatic carbocycles. The molecule has 1 heterocycles. The van der Waals surface area contributed by atoms with Gasteiger partial charge in [-0.05, 0) is 12.1 Å². The number of nitrogens with one attached hydrogen (secondary N) is 1. The summed E-state index contributed by atoms with van der Waals surface area (Å²) in [6, 6.07) is 3.35. The van der Waals surface area contributed by atoms with Gasteiger partial charge in [0, 0.05) is 17.1 Å². The minimum Gasteiger partial charge on any atom is -0.480 e. The summed E-state index contributed by atoms with van der Waals surface area (Å²) in [5.41, 5.74) is 0.657. The summed E-state index contributed by atoms with van der Waals surface area (Å²) in [7, 11) is 0. The van der Waals surface area contributed by atoms with Gasteiger partial charge in [-0.15, -0.1) is 0 Å². The fourth-order valence-corrected chi connectivity index (χ4v) is 1.99. The molecule has 17 heavy (non-hydrogen) atoms. The Hall–Kier alpha value is -1.17. The molecule has 2 unspecified atom stereocenters. The molecular formula is C11H11ClFNO3. The first-order valence-electron chi connectivity index (χ1n) is 5.10. The Kier molecular flexibility index (Phi) is 3.61. The van der Waals surface area contributed by atoms with Crippen LogP contribution in [0.3, 0.4) is 0 Å². The molecule has 6 heteroatoms. The maximum Gasteiger partial charge on any atom is 0.323 e. The normalized spacial score (nSPS) is 24.6. The Morgan fingerprint density at radius 2 is 2.35 bits per heavy atom. The molecule has 0 aromatic heterocycles. The predicted molar refractivity (Wildman–Crippen MR) is 59.5 cm³/mol. The van der Waals surface area contributed by atoms with Crippen LogP contribution < -0.4 is 5.32 Å². The van der Waals surface area contributed by atoms with Crippen LogP contribution >= 0.6 is 11.6 Å². The van der Waals surface area contributed by atoms with E-state index in [9.17, 15) is 9.18 Å². The van der Waals surface area contributed by atoms with Crippen LogP contribution in [0.5, 0.6) is 0 Å². The molecule has 2 atom stereocenters. The van der Waals surface area contributed by atoms with Gasteiger partial charge in [0.25, 0.3) is 0 Å². The van der Waals surface area contributed by atoms with Gasteiger partial charge in [-0.25, -0.2) is 4.39 Å². The van der Waals surface area contributed by atoms with Crippen LogP contribution in [0.15, 0.2) is 18.2 Å². The van der Waals surface area contributed by atoms with Gasteiger partial charge in [0.15, 0.2) is 0 Å². The number of hydrogen-bond donors (Lipinski definition) is 2. The Morgan fingerprint density at radius 1 is 1.59 bits per heavy atom.